The lowest BCUT2D eigenvalue weighted by Gasteiger charge is -2.34. The normalized spacial score (nSPS) is 23.8. The standard InChI is InChI=1S/C26H42N8O9/c1-14(30-20(37)11-29-21(38)15(27)12-35)24(41)33-9-3-6-18(33)26(43)34-10-4-7-19(34)25(42)32-8-2-5-17(32)23(40)31-22(39)16(28)13-36/h14-19,35-36H,2-13,27-28H2,1H3,(H,29,38)(H,30,37)(H,31,39,40)/t14-,15-,16-,17-,18-,19-/m0/s1. The van der Waals surface area contributed by atoms with E-state index in [0.717, 1.165) is 0 Å². The molecule has 9 N–H and O–H groups in total. The summed E-state index contributed by atoms with van der Waals surface area (Å²) in [6.45, 7) is 0.615. The van der Waals surface area contributed by atoms with Gasteiger partial charge in [-0.25, -0.2) is 0 Å². The first-order chi connectivity index (χ1) is 20.4. The summed E-state index contributed by atoms with van der Waals surface area (Å²) in [5.74, 6) is -4.23. The summed E-state index contributed by atoms with van der Waals surface area (Å²) in [6, 6.07) is -6.05. The number of hydrogen-bond acceptors (Lipinski definition) is 11. The number of nitrogens with one attached hydrogen (secondary N) is 3. The molecule has 0 aromatic rings. The van der Waals surface area contributed by atoms with Crippen molar-refractivity contribution in [3.05, 3.63) is 0 Å². The van der Waals surface area contributed by atoms with Gasteiger partial charge in [-0.1, -0.05) is 0 Å². The molecule has 3 saturated heterocycles. The van der Waals surface area contributed by atoms with Gasteiger partial charge >= 0.3 is 0 Å². The van der Waals surface area contributed by atoms with E-state index >= 15 is 0 Å². The first-order valence-electron chi connectivity index (χ1n) is 14.5. The molecule has 3 aliphatic heterocycles. The molecule has 17 heteroatoms. The van der Waals surface area contributed by atoms with Gasteiger partial charge in [-0.3, -0.25) is 38.9 Å². The average Bonchev–Trinajstić information content (AvgIpc) is 3.78. The van der Waals surface area contributed by atoms with Gasteiger partial charge in [0.05, 0.1) is 19.8 Å². The van der Waals surface area contributed by atoms with Crippen LogP contribution in [0, 0.1) is 0 Å². The number of carbonyl (C=O) groups excluding carboxylic acids is 7. The second-order valence-electron chi connectivity index (χ2n) is 11.0. The predicted octanol–water partition coefficient (Wildman–Crippen LogP) is -5.14. The highest BCUT2D eigenvalue weighted by atomic mass is 16.3. The molecule has 3 rings (SSSR count). The van der Waals surface area contributed by atoms with E-state index in [2.05, 4.69) is 16.0 Å². The van der Waals surface area contributed by atoms with Crippen LogP contribution in [-0.2, 0) is 33.6 Å². The van der Waals surface area contributed by atoms with E-state index in [9.17, 15) is 33.6 Å². The van der Waals surface area contributed by atoms with Crippen molar-refractivity contribution in [3.63, 3.8) is 0 Å². The number of aliphatic hydroxyl groups is 2. The van der Waals surface area contributed by atoms with Crippen molar-refractivity contribution in [1.82, 2.24) is 30.7 Å². The minimum absolute atomic E-state index is 0.271. The molecule has 7 amide bonds. The van der Waals surface area contributed by atoms with Gasteiger partial charge < -0.3 is 47.0 Å². The van der Waals surface area contributed by atoms with Gasteiger partial charge in [0.15, 0.2) is 0 Å². The number of amides is 7. The molecule has 0 saturated carbocycles. The molecule has 0 aliphatic carbocycles. The first kappa shape index (κ1) is 33.8. The summed E-state index contributed by atoms with van der Waals surface area (Å²) in [5.41, 5.74) is 10.9. The molecular weight excluding hydrogens is 568 g/mol. The third-order valence-corrected chi connectivity index (χ3v) is 7.96. The van der Waals surface area contributed by atoms with Crippen LogP contribution in [0.5, 0.6) is 0 Å². The van der Waals surface area contributed by atoms with Crippen molar-refractivity contribution in [1.29, 1.82) is 0 Å². The number of carbonyl (C=O) groups is 7. The van der Waals surface area contributed by atoms with Crippen LogP contribution in [0.2, 0.25) is 0 Å². The summed E-state index contributed by atoms with van der Waals surface area (Å²) in [6.07, 6.45) is 2.70. The Morgan fingerprint density at radius 3 is 1.77 bits per heavy atom. The van der Waals surface area contributed by atoms with E-state index in [1.807, 2.05) is 0 Å². The average molecular weight is 611 g/mol. The molecule has 6 atom stereocenters. The van der Waals surface area contributed by atoms with Crippen molar-refractivity contribution in [2.75, 3.05) is 39.4 Å². The number of hydrogen-bond donors (Lipinski definition) is 7. The number of nitrogens with two attached hydrogens (primary N) is 2. The van der Waals surface area contributed by atoms with E-state index in [1.54, 1.807) is 0 Å². The van der Waals surface area contributed by atoms with Crippen LogP contribution in [0.1, 0.15) is 45.4 Å². The highest BCUT2D eigenvalue weighted by Crippen LogP contribution is 2.28. The maximum atomic E-state index is 13.7. The van der Waals surface area contributed by atoms with Gasteiger partial charge in [-0.15, -0.1) is 0 Å². The third kappa shape index (κ3) is 8.04. The number of nitrogens with zero attached hydrogens (tertiary/aromatic N) is 3. The molecule has 240 valence electrons. The Kier molecular flexibility index (Phi) is 11.9. The van der Waals surface area contributed by atoms with E-state index in [0.29, 0.717) is 45.1 Å². The van der Waals surface area contributed by atoms with Crippen molar-refractivity contribution in [3.8, 4) is 0 Å². The monoisotopic (exact) mass is 610 g/mol. The fourth-order valence-corrected chi connectivity index (χ4v) is 5.63. The van der Waals surface area contributed by atoms with Crippen molar-refractivity contribution >= 4 is 41.4 Å². The highest BCUT2D eigenvalue weighted by Gasteiger charge is 2.46. The van der Waals surface area contributed by atoms with Crippen LogP contribution in [0.4, 0.5) is 0 Å². The molecule has 3 fully saturated rings. The molecule has 0 bridgehead atoms. The molecular formula is C26H42N8O9. The number of imide groups is 1. The molecule has 0 spiro atoms. The Hall–Kier alpha value is -3.67. The lowest BCUT2D eigenvalue weighted by molar-refractivity contribution is -0.151. The fourth-order valence-electron chi connectivity index (χ4n) is 5.63. The third-order valence-electron chi connectivity index (χ3n) is 7.96. The van der Waals surface area contributed by atoms with Crippen LogP contribution in [0.25, 0.3) is 0 Å². The zero-order chi connectivity index (χ0) is 31.8. The summed E-state index contributed by atoms with van der Waals surface area (Å²) in [7, 11) is 0. The quantitative estimate of drug-likeness (QED) is 0.116. The molecule has 17 nitrogen and oxygen atoms in total. The summed E-state index contributed by atoms with van der Waals surface area (Å²) < 4.78 is 0. The Balaban J connectivity index is 1.61. The fraction of sp³-hybridized carbons (Fsp3) is 0.731. The Morgan fingerprint density at radius 1 is 0.744 bits per heavy atom. The van der Waals surface area contributed by atoms with Crippen LogP contribution < -0.4 is 27.4 Å². The molecule has 0 radical (unpaired) electrons. The van der Waals surface area contributed by atoms with Crippen molar-refractivity contribution in [2.45, 2.75) is 81.7 Å². The summed E-state index contributed by atoms with van der Waals surface area (Å²) in [4.78, 5) is 93.4. The van der Waals surface area contributed by atoms with Crippen LogP contribution in [0.15, 0.2) is 0 Å². The summed E-state index contributed by atoms with van der Waals surface area (Å²) >= 11 is 0. The second-order valence-corrected chi connectivity index (χ2v) is 11.0. The maximum absolute atomic E-state index is 13.7. The lowest BCUT2D eigenvalue weighted by Crippen LogP contribution is -2.58. The van der Waals surface area contributed by atoms with E-state index in [4.69, 9.17) is 21.7 Å². The minimum Gasteiger partial charge on any atom is -0.394 e. The van der Waals surface area contributed by atoms with Gasteiger partial charge in [-0.05, 0) is 45.4 Å². The van der Waals surface area contributed by atoms with E-state index < -0.39 is 97.4 Å². The second kappa shape index (κ2) is 15.2. The van der Waals surface area contributed by atoms with Gasteiger partial charge in [0.25, 0.3) is 0 Å². The lowest BCUT2D eigenvalue weighted by atomic mass is 10.1. The van der Waals surface area contributed by atoms with Crippen molar-refractivity contribution in [2.24, 2.45) is 11.5 Å². The van der Waals surface area contributed by atoms with Gasteiger partial charge in [0, 0.05) is 19.6 Å². The van der Waals surface area contributed by atoms with E-state index in [1.165, 1.54) is 21.6 Å². The molecule has 0 aromatic carbocycles. The van der Waals surface area contributed by atoms with Gasteiger partial charge in [0.2, 0.25) is 41.4 Å². The summed E-state index contributed by atoms with van der Waals surface area (Å²) in [5, 5.41) is 24.9. The SMILES string of the molecule is C[C@H](NC(=O)CNC(=O)[C@@H](N)CO)C(=O)N1CCC[C@H]1C(=O)N1CCC[C@H]1C(=O)N1CCC[C@H]1C(=O)NC(=O)[C@@H](N)CO. The van der Waals surface area contributed by atoms with Gasteiger partial charge in [0.1, 0.15) is 36.3 Å². The van der Waals surface area contributed by atoms with Crippen LogP contribution in [0.3, 0.4) is 0 Å². The largest absolute Gasteiger partial charge is 0.394 e. The topological polar surface area (TPSA) is 258 Å². The highest BCUT2D eigenvalue weighted by molar-refractivity contribution is 6.02. The zero-order valence-corrected chi connectivity index (χ0v) is 24.2. The van der Waals surface area contributed by atoms with Crippen LogP contribution >= 0.6 is 0 Å². The Labute approximate surface area is 248 Å². The molecule has 0 aromatic heterocycles. The van der Waals surface area contributed by atoms with Crippen LogP contribution in [-0.4, -0.2) is 142 Å². The van der Waals surface area contributed by atoms with Gasteiger partial charge in [-0.2, -0.15) is 0 Å². The molecule has 43 heavy (non-hydrogen) atoms. The minimum atomic E-state index is -1.28. The number of aliphatic hydroxyl groups excluding tert-OH is 2. The smallest absolute Gasteiger partial charge is 0.249 e. The van der Waals surface area contributed by atoms with Crippen molar-refractivity contribution < 1.29 is 43.8 Å². The Morgan fingerprint density at radius 2 is 1.21 bits per heavy atom. The molecule has 3 heterocycles. The number of likely N-dealkylation sites (tertiary alicyclic amines) is 3. The maximum Gasteiger partial charge on any atom is 0.249 e. The first-order valence-corrected chi connectivity index (χ1v) is 14.5. The zero-order valence-electron chi connectivity index (χ0n) is 24.2. The molecule has 3 aliphatic rings. The number of rotatable bonds is 11. The van der Waals surface area contributed by atoms with E-state index in [-0.39, 0.29) is 13.1 Å². The molecule has 0 unspecified atom stereocenters. The Bertz CT molecular complexity index is 1100. The predicted molar refractivity (Wildman–Crippen MR) is 148 cm³/mol.